The van der Waals surface area contributed by atoms with Gasteiger partial charge in [0.05, 0.1) is 11.4 Å². The van der Waals surface area contributed by atoms with Crippen molar-refractivity contribution in [1.29, 1.82) is 0 Å². The third kappa shape index (κ3) is 4.12. The minimum absolute atomic E-state index is 0.146. The summed E-state index contributed by atoms with van der Waals surface area (Å²) in [5.74, 6) is 0.0463. The second-order valence-electron chi connectivity index (χ2n) is 4.20. The molecule has 0 bridgehead atoms. The molecule has 23 heavy (non-hydrogen) atoms. The molecule has 10 heteroatoms. The van der Waals surface area contributed by atoms with E-state index in [1.165, 1.54) is 19.2 Å². The van der Waals surface area contributed by atoms with Crippen molar-refractivity contribution in [3.05, 3.63) is 56.4 Å². The standard InChI is InChI=1S/C13H9BrF2N2O3.H3NO/c1-18-5-7(13(20)21)11(10(16)12(18)19)17-9-3-2-6(14)4-8(9)15;1-2/h2-5,17H,1H3,(H,20,21);2H,1H2. The highest BCUT2D eigenvalue weighted by molar-refractivity contribution is 9.10. The van der Waals surface area contributed by atoms with Crippen LogP contribution in [0.1, 0.15) is 10.4 Å². The number of nitrogens with zero attached hydrogens (tertiary/aromatic N) is 1. The van der Waals surface area contributed by atoms with Gasteiger partial charge in [-0.25, -0.2) is 15.1 Å². The zero-order chi connectivity index (χ0) is 17.7. The van der Waals surface area contributed by atoms with E-state index in [9.17, 15) is 18.4 Å². The summed E-state index contributed by atoms with van der Waals surface area (Å²) in [6.45, 7) is 0. The number of nitrogens with one attached hydrogen (secondary N) is 1. The molecule has 1 aromatic carbocycles. The van der Waals surface area contributed by atoms with Crippen LogP contribution in [0.2, 0.25) is 0 Å². The minimum Gasteiger partial charge on any atom is -0.478 e. The first-order chi connectivity index (χ1) is 10.8. The summed E-state index contributed by atoms with van der Waals surface area (Å²) >= 11 is 3.07. The first kappa shape index (κ1) is 18.7. The summed E-state index contributed by atoms with van der Waals surface area (Å²) in [6.07, 6.45) is 0.965. The van der Waals surface area contributed by atoms with Crippen molar-refractivity contribution in [2.24, 2.45) is 12.9 Å². The average molecular weight is 392 g/mol. The summed E-state index contributed by atoms with van der Waals surface area (Å²) in [6, 6.07) is 3.91. The number of pyridine rings is 1. The zero-order valence-corrected chi connectivity index (χ0v) is 13.3. The third-order valence-electron chi connectivity index (χ3n) is 2.74. The Kier molecular flexibility index (Phi) is 6.37. The normalized spacial score (nSPS) is 9.83. The van der Waals surface area contributed by atoms with Gasteiger partial charge >= 0.3 is 5.97 Å². The molecule has 7 nitrogen and oxygen atoms in total. The molecule has 0 saturated carbocycles. The van der Waals surface area contributed by atoms with Crippen LogP contribution < -0.4 is 16.8 Å². The average Bonchev–Trinajstić information content (AvgIpc) is 2.51. The predicted octanol–water partition coefficient (Wildman–Crippen LogP) is 2.20. The van der Waals surface area contributed by atoms with Gasteiger partial charge in [0.15, 0.2) is 0 Å². The summed E-state index contributed by atoms with van der Waals surface area (Å²) in [7, 11) is 1.22. The van der Waals surface area contributed by atoms with Crippen molar-refractivity contribution in [1.82, 2.24) is 4.57 Å². The molecular formula is C13H12BrF2N3O4. The first-order valence-electron chi connectivity index (χ1n) is 5.91. The molecule has 124 valence electrons. The number of aryl methyl sites for hydroxylation is 1. The molecule has 0 saturated heterocycles. The van der Waals surface area contributed by atoms with Crippen molar-refractivity contribution in [2.75, 3.05) is 5.32 Å². The molecule has 2 aromatic rings. The number of hydrogen-bond acceptors (Lipinski definition) is 5. The monoisotopic (exact) mass is 391 g/mol. The molecule has 0 atom stereocenters. The van der Waals surface area contributed by atoms with E-state index < -0.39 is 34.4 Å². The number of carboxylic acids is 1. The molecule has 0 aliphatic rings. The lowest BCUT2D eigenvalue weighted by atomic mass is 10.2. The Labute approximate surface area is 137 Å². The highest BCUT2D eigenvalue weighted by Gasteiger charge is 2.20. The summed E-state index contributed by atoms with van der Waals surface area (Å²) in [5.41, 5.74) is -2.21. The van der Waals surface area contributed by atoms with Crippen LogP contribution >= 0.6 is 15.9 Å². The van der Waals surface area contributed by atoms with Crippen molar-refractivity contribution >= 4 is 33.3 Å². The molecule has 0 aliphatic carbocycles. The van der Waals surface area contributed by atoms with Crippen molar-refractivity contribution < 1.29 is 23.9 Å². The number of hydrogen-bond donors (Lipinski definition) is 4. The van der Waals surface area contributed by atoms with Crippen LogP contribution in [-0.2, 0) is 7.05 Å². The Balaban J connectivity index is 0.00000127. The molecule has 0 amide bonds. The molecule has 0 fully saturated rings. The highest BCUT2D eigenvalue weighted by atomic mass is 79.9. The van der Waals surface area contributed by atoms with Gasteiger partial charge < -0.3 is 20.2 Å². The molecule has 0 spiro atoms. The van der Waals surface area contributed by atoms with Crippen LogP contribution in [0.4, 0.5) is 20.2 Å². The number of aromatic carboxylic acids is 1. The van der Waals surface area contributed by atoms with E-state index in [0.717, 1.165) is 16.8 Å². The van der Waals surface area contributed by atoms with E-state index >= 15 is 0 Å². The SMILES string of the molecule is Cn1cc(C(=O)O)c(Nc2ccc(Br)cc2F)c(F)c1=O.NO. The number of rotatable bonds is 3. The van der Waals surface area contributed by atoms with Gasteiger partial charge in [-0.15, -0.1) is 0 Å². The van der Waals surface area contributed by atoms with E-state index in [2.05, 4.69) is 27.1 Å². The number of anilines is 2. The quantitative estimate of drug-likeness (QED) is 0.595. The molecule has 0 aliphatic heterocycles. The fourth-order valence-electron chi connectivity index (χ4n) is 1.71. The van der Waals surface area contributed by atoms with Gasteiger partial charge in [-0.2, -0.15) is 4.39 Å². The van der Waals surface area contributed by atoms with Gasteiger partial charge in [-0.3, -0.25) is 4.79 Å². The maximum atomic E-state index is 14.0. The number of nitrogens with two attached hydrogens (primary N) is 1. The fraction of sp³-hybridized carbons (Fsp3) is 0.0769. The van der Waals surface area contributed by atoms with Crippen molar-refractivity contribution in [3.63, 3.8) is 0 Å². The molecule has 1 heterocycles. The smallest absolute Gasteiger partial charge is 0.339 e. The number of carbonyl (C=O) groups is 1. The maximum Gasteiger partial charge on any atom is 0.339 e. The molecule has 5 N–H and O–H groups in total. The summed E-state index contributed by atoms with van der Waals surface area (Å²) in [4.78, 5) is 22.7. The second-order valence-corrected chi connectivity index (χ2v) is 5.12. The van der Waals surface area contributed by atoms with Gasteiger partial charge in [0.25, 0.3) is 5.56 Å². The number of halogens is 3. The third-order valence-corrected chi connectivity index (χ3v) is 3.23. The zero-order valence-electron chi connectivity index (χ0n) is 11.7. The topological polar surface area (TPSA) is 118 Å². The van der Waals surface area contributed by atoms with Gasteiger partial charge in [0.2, 0.25) is 5.82 Å². The molecule has 1 aromatic heterocycles. The molecule has 2 rings (SSSR count). The van der Waals surface area contributed by atoms with Crippen LogP contribution in [0.25, 0.3) is 0 Å². The predicted molar refractivity (Wildman–Crippen MR) is 82.0 cm³/mol. The summed E-state index contributed by atoms with van der Waals surface area (Å²) in [5, 5.41) is 17.9. The first-order valence-corrected chi connectivity index (χ1v) is 6.71. The lowest BCUT2D eigenvalue weighted by molar-refractivity contribution is 0.0696. The highest BCUT2D eigenvalue weighted by Crippen LogP contribution is 2.26. The second kappa shape index (κ2) is 7.81. The van der Waals surface area contributed by atoms with Crippen LogP contribution in [0.3, 0.4) is 0 Å². The Morgan fingerprint density at radius 3 is 2.48 bits per heavy atom. The van der Waals surface area contributed by atoms with Crippen molar-refractivity contribution in [3.8, 4) is 0 Å². The Morgan fingerprint density at radius 1 is 1.35 bits per heavy atom. The van der Waals surface area contributed by atoms with Gasteiger partial charge in [0.1, 0.15) is 11.4 Å². The van der Waals surface area contributed by atoms with Gasteiger partial charge in [-0.1, -0.05) is 15.9 Å². The van der Waals surface area contributed by atoms with Crippen molar-refractivity contribution in [2.45, 2.75) is 0 Å². The largest absolute Gasteiger partial charge is 0.478 e. The summed E-state index contributed by atoms with van der Waals surface area (Å²) < 4.78 is 29.0. The van der Waals surface area contributed by atoms with Gasteiger partial charge in [0, 0.05) is 17.7 Å². The van der Waals surface area contributed by atoms with Crippen LogP contribution in [-0.4, -0.2) is 20.9 Å². The van der Waals surface area contributed by atoms with E-state index in [-0.39, 0.29) is 5.69 Å². The van der Waals surface area contributed by atoms with E-state index in [1.54, 1.807) is 0 Å². The lowest BCUT2D eigenvalue weighted by Gasteiger charge is -2.12. The lowest BCUT2D eigenvalue weighted by Crippen LogP contribution is -2.24. The molecular weight excluding hydrogens is 380 g/mol. The molecule has 0 unspecified atom stereocenters. The molecule has 0 radical (unpaired) electrons. The van der Waals surface area contributed by atoms with Gasteiger partial charge in [-0.05, 0) is 18.2 Å². The Morgan fingerprint density at radius 2 is 1.96 bits per heavy atom. The van der Waals surface area contributed by atoms with E-state index in [0.29, 0.717) is 4.47 Å². The fourth-order valence-corrected chi connectivity index (χ4v) is 2.04. The van der Waals surface area contributed by atoms with Crippen LogP contribution in [0, 0.1) is 11.6 Å². The maximum absolute atomic E-state index is 14.0. The van der Waals surface area contributed by atoms with E-state index in [1.807, 2.05) is 0 Å². The Hall–Kier alpha value is -2.30. The number of aromatic nitrogens is 1. The van der Waals surface area contributed by atoms with Crippen LogP contribution in [0.15, 0.2) is 33.7 Å². The number of benzene rings is 1. The van der Waals surface area contributed by atoms with Crippen LogP contribution in [0.5, 0.6) is 0 Å². The van der Waals surface area contributed by atoms with E-state index in [4.69, 9.17) is 10.3 Å². The number of carboxylic acid groups (broad SMARTS) is 1. The minimum atomic E-state index is -1.44. The Bertz CT molecular complexity index is 796.